The van der Waals surface area contributed by atoms with Gasteiger partial charge in [0.25, 0.3) is 0 Å². The number of primary sulfonamides is 1. The molecule has 72 valence electrons. The van der Waals surface area contributed by atoms with Crippen molar-refractivity contribution in [3.63, 3.8) is 0 Å². The highest BCUT2D eigenvalue weighted by Gasteiger charge is 2.29. The Morgan fingerprint density at radius 2 is 2.15 bits per heavy atom. The van der Waals surface area contributed by atoms with Crippen LogP contribution in [-0.4, -0.2) is 18.6 Å². The van der Waals surface area contributed by atoms with Crippen molar-refractivity contribution in [2.45, 2.75) is 24.5 Å². The van der Waals surface area contributed by atoms with E-state index < -0.39 is 10.0 Å². The van der Waals surface area contributed by atoms with Gasteiger partial charge in [0.15, 0.2) is 0 Å². The molecule has 1 heterocycles. The Hall–Kier alpha value is -0.950. The van der Waals surface area contributed by atoms with Crippen molar-refractivity contribution in [3.8, 4) is 0 Å². The van der Waals surface area contributed by atoms with Crippen molar-refractivity contribution >= 4 is 10.0 Å². The first kappa shape index (κ1) is 8.64. The minimum atomic E-state index is -3.57. The lowest BCUT2D eigenvalue weighted by molar-refractivity contribution is 0.462. The lowest BCUT2D eigenvalue weighted by atomic mass is 10.4. The number of sulfonamides is 1. The molecule has 0 saturated heterocycles. The van der Waals surface area contributed by atoms with E-state index in [9.17, 15) is 8.42 Å². The summed E-state index contributed by atoms with van der Waals surface area (Å²) in [7, 11) is -3.57. The molecule has 13 heavy (non-hydrogen) atoms. The van der Waals surface area contributed by atoms with Crippen molar-refractivity contribution in [2.24, 2.45) is 5.14 Å². The van der Waals surface area contributed by atoms with Gasteiger partial charge in [0.05, 0.1) is 0 Å². The Bertz CT molecular complexity index is 407. The lowest BCUT2D eigenvalue weighted by Crippen LogP contribution is -2.14. The van der Waals surface area contributed by atoms with Crippen LogP contribution in [0.3, 0.4) is 0 Å². The molecule has 0 amide bonds. The molecule has 6 nitrogen and oxygen atoms in total. The Morgan fingerprint density at radius 3 is 2.69 bits per heavy atom. The quantitative estimate of drug-likeness (QED) is 0.729. The van der Waals surface area contributed by atoms with Gasteiger partial charge in [0.2, 0.25) is 21.8 Å². The summed E-state index contributed by atoms with van der Waals surface area (Å²) >= 11 is 0. The van der Waals surface area contributed by atoms with Gasteiger partial charge in [-0.25, -0.2) is 13.6 Å². The zero-order valence-corrected chi connectivity index (χ0v) is 7.62. The van der Waals surface area contributed by atoms with Gasteiger partial charge in [0.1, 0.15) is 5.75 Å². The highest BCUT2D eigenvalue weighted by Crippen LogP contribution is 2.38. The van der Waals surface area contributed by atoms with Crippen LogP contribution in [0.1, 0.15) is 30.5 Å². The van der Waals surface area contributed by atoms with Crippen molar-refractivity contribution in [1.29, 1.82) is 0 Å². The summed E-state index contributed by atoms with van der Waals surface area (Å²) in [6.07, 6.45) is 2.08. The first-order valence-corrected chi connectivity index (χ1v) is 5.59. The molecule has 0 aromatic carbocycles. The molecule has 1 aromatic rings. The van der Waals surface area contributed by atoms with Crippen molar-refractivity contribution in [3.05, 3.63) is 11.8 Å². The highest BCUT2D eigenvalue weighted by atomic mass is 32.2. The lowest BCUT2D eigenvalue weighted by Gasteiger charge is -1.89. The van der Waals surface area contributed by atoms with Crippen LogP contribution in [0.15, 0.2) is 4.42 Å². The van der Waals surface area contributed by atoms with Gasteiger partial charge in [-0.3, -0.25) is 0 Å². The summed E-state index contributed by atoms with van der Waals surface area (Å²) in [6.45, 7) is 0. The van der Waals surface area contributed by atoms with E-state index in [2.05, 4.69) is 10.2 Å². The maximum atomic E-state index is 10.6. The smallest absolute Gasteiger partial charge is 0.232 e. The van der Waals surface area contributed by atoms with Crippen LogP contribution in [0, 0.1) is 0 Å². The molecule has 2 N–H and O–H groups in total. The van der Waals surface area contributed by atoms with Crippen molar-refractivity contribution in [2.75, 3.05) is 0 Å². The minimum Gasteiger partial charge on any atom is -0.424 e. The third-order valence-electron chi connectivity index (χ3n) is 1.73. The van der Waals surface area contributed by atoms with Gasteiger partial charge in [0, 0.05) is 5.92 Å². The van der Waals surface area contributed by atoms with Crippen LogP contribution in [0.25, 0.3) is 0 Å². The molecule has 1 aliphatic rings. The molecule has 1 aliphatic carbocycles. The predicted molar refractivity (Wildman–Crippen MR) is 43.1 cm³/mol. The molecule has 1 aromatic heterocycles. The third-order valence-corrected chi connectivity index (χ3v) is 2.38. The van der Waals surface area contributed by atoms with Gasteiger partial charge in [-0.15, -0.1) is 10.2 Å². The number of nitrogens with two attached hydrogens (primary N) is 1. The van der Waals surface area contributed by atoms with E-state index in [1.807, 2.05) is 0 Å². The van der Waals surface area contributed by atoms with E-state index >= 15 is 0 Å². The second-order valence-corrected chi connectivity index (χ2v) is 4.73. The first-order valence-electron chi connectivity index (χ1n) is 3.87. The minimum absolute atomic E-state index is 0.0735. The van der Waals surface area contributed by atoms with E-state index in [1.165, 1.54) is 0 Å². The number of hydrogen-bond acceptors (Lipinski definition) is 5. The fourth-order valence-corrected chi connectivity index (χ4v) is 1.45. The number of hydrogen-bond donors (Lipinski definition) is 1. The maximum absolute atomic E-state index is 10.6. The molecule has 2 rings (SSSR count). The largest absolute Gasteiger partial charge is 0.424 e. The molecule has 1 saturated carbocycles. The van der Waals surface area contributed by atoms with Gasteiger partial charge >= 0.3 is 0 Å². The predicted octanol–water partition coefficient (Wildman–Crippen LogP) is -0.264. The van der Waals surface area contributed by atoms with E-state index in [-0.39, 0.29) is 11.6 Å². The van der Waals surface area contributed by atoms with E-state index in [4.69, 9.17) is 9.56 Å². The Labute approximate surface area is 75.2 Å². The highest BCUT2D eigenvalue weighted by molar-refractivity contribution is 7.88. The Balaban J connectivity index is 2.13. The zero-order chi connectivity index (χ0) is 9.47. The molecular weight excluding hydrogens is 194 g/mol. The van der Waals surface area contributed by atoms with Gasteiger partial charge in [-0.1, -0.05) is 0 Å². The summed E-state index contributed by atoms with van der Waals surface area (Å²) in [6, 6.07) is 0. The summed E-state index contributed by atoms with van der Waals surface area (Å²) in [5.41, 5.74) is 0. The summed E-state index contributed by atoms with van der Waals surface area (Å²) in [5, 5.41) is 12.1. The molecule has 7 heteroatoms. The fraction of sp³-hybridized carbons (Fsp3) is 0.667. The van der Waals surface area contributed by atoms with Crippen LogP contribution in [0.5, 0.6) is 0 Å². The topological polar surface area (TPSA) is 99.1 Å². The van der Waals surface area contributed by atoms with E-state index in [0.717, 1.165) is 12.8 Å². The number of rotatable bonds is 3. The maximum Gasteiger partial charge on any atom is 0.232 e. The fourth-order valence-electron chi connectivity index (χ4n) is 0.992. The Kier molecular flexibility index (Phi) is 1.85. The van der Waals surface area contributed by atoms with E-state index in [1.54, 1.807) is 0 Å². The molecule has 0 aliphatic heterocycles. The van der Waals surface area contributed by atoms with Gasteiger partial charge in [-0.05, 0) is 12.8 Å². The van der Waals surface area contributed by atoms with Gasteiger partial charge in [-0.2, -0.15) is 0 Å². The monoisotopic (exact) mass is 203 g/mol. The third kappa shape index (κ3) is 2.25. The van der Waals surface area contributed by atoms with Crippen LogP contribution >= 0.6 is 0 Å². The normalized spacial score (nSPS) is 17.6. The summed E-state index contributed by atoms with van der Waals surface area (Å²) < 4.78 is 26.4. The van der Waals surface area contributed by atoms with Crippen LogP contribution in [0.4, 0.5) is 0 Å². The molecule has 0 unspecified atom stereocenters. The SMILES string of the molecule is NS(=O)(=O)Cc1nnc(C2CC2)o1. The Morgan fingerprint density at radius 1 is 1.46 bits per heavy atom. The van der Waals surface area contributed by atoms with Crippen molar-refractivity contribution < 1.29 is 12.8 Å². The van der Waals surface area contributed by atoms with Crippen LogP contribution in [0.2, 0.25) is 0 Å². The molecule has 0 atom stereocenters. The second-order valence-electron chi connectivity index (χ2n) is 3.12. The van der Waals surface area contributed by atoms with Crippen LogP contribution in [-0.2, 0) is 15.8 Å². The first-order chi connectivity index (χ1) is 6.04. The van der Waals surface area contributed by atoms with E-state index in [0.29, 0.717) is 11.8 Å². The second kappa shape index (κ2) is 2.78. The zero-order valence-electron chi connectivity index (χ0n) is 6.80. The summed E-state index contributed by atoms with van der Waals surface area (Å²) in [5.74, 6) is 0.553. The average molecular weight is 203 g/mol. The molecule has 1 fully saturated rings. The molecule has 0 spiro atoms. The summed E-state index contributed by atoms with van der Waals surface area (Å²) in [4.78, 5) is 0. The standard InChI is InChI=1S/C6H9N3O3S/c7-13(10,11)3-5-8-9-6(12-5)4-1-2-4/h4H,1-3H2,(H2,7,10,11). The van der Waals surface area contributed by atoms with Crippen LogP contribution < -0.4 is 5.14 Å². The van der Waals surface area contributed by atoms with Gasteiger partial charge < -0.3 is 4.42 Å². The molecule has 0 radical (unpaired) electrons. The van der Waals surface area contributed by atoms with Crippen molar-refractivity contribution in [1.82, 2.24) is 10.2 Å². The molecular formula is C6H9N3O3S. The number of nitrogens with zero attached hydrogens (tertiary/aromatic N) is 2. The average Bonchev–Trinajstić information content (AvgIpc) is 2.72. The molecule has 0 bridgehead atoms. The number of aromatic nitrogens is 2.